The molecule has 0 saturated heterocycles. The molecular weight excluding hydrogens is 440 g/mol. The van der Waals surface area contributed by atoms with Crippen LogP contribution in [0.3, 0.4) is 0 Å². The Morgan fingerprint density at radius 2 is 1.83 bits per heavy atom. The molecule has 2 aromatic carbocycles. The van der Waals surface area contributed by atoms with Crippen molar-refractivity contribution in [2.24, 2.45) is 7.05 Å². The Hall–Kier alpha value is -4.85. The number of rotatable bonds is 6. The molecule has 0 unspecified atom stereocenters. The Bertz CT molecular complexity index is 1560. The van der Waals surface area contributed by atoms with Gasteiger partial charge in [0.25, 0.3) is 5.91 Å². The number of aromatic amines is 1. The average molecular weight is 463 g/mol. The number of ketones is 1. The highest BCUT2D eigenvalue weighted by atomic mass is 16.2. The molecule has 0 spiro atoms. The van der Waals surface area contributed by atoms with Crippen LogP contribution in [0.25, 0.3) is 23.1 Å². The van der Waals surface area contributed by atoms with E-state index in [-0.39, 0.29) is 11.7 Å². The summed E-state index contributed by atoms with van der Waals surface area (Å²) in [5, 5.41) is 15.3. The van der Waals surface area contributed by atoms with Crippen LogP contribution in [0.5, 0.6) is 0 Å². The molecule has 0 radical (unpaired) electrons. The van der Waals surface area contributed by atoms with Gasteiger partial charge < -0.3 is 5.32 Å². The van der Waals surface area contributed by atoms with Crippen molar-refractivity contribution in [3.63, 3.8) is 0 Å². The maximum Gasteiger partial charge on any atom is 0.276 e. The second-order valence-electron chi connectivity index (χ2n) is 8.12. The molecule has 0 fully saturated rings. The van der Waals surface area contributed by atoms with Gasteiger partial charge in [0.05, 0.1) is 16.9 Å². The van der Waals surface area contributed by atoms with Gasteiger partial charge in [0, 0.05) is 41.1 Å². The molecule has 8 heteroatoms. The fourth-order valence-corrected chi connectivity index (χ4v) is 3.72. The van der Waals surface area contributed by atoms with Crippen LogP contribution < -0.4 is 5.32 Å². The summed E-state index contributed by atoms with van der Waals surface area (Å²) in [4.78, 5) is 30.0. The first-order valence-corrected chi connectivity index (χ1v) is 11.0. The van der Waals surface area contributed by atoms with Crippen molar-refractivity contribution in [1.82, 2.24) is 25.0 Å². The van der Waals surface area contributed by atoms with E-state index in [0.29, 0.717) is 22.5 Å². The van der Waals surface area contributed by atoms with Gasteiger partial charge in [0.15, 0.2) is 11.5 Å². The molecule has 0 bridgehead atoms. The van der Waals surface area contributed by atoms with Gasteiger partial charge in [0.1, 0.15) is 0 Å². The van der Waals surface area contributed by atoms with Gasteiger partial charge in [-0.15, -0.1) is 0 Å². The lowest BCUT2D eigenvalue weighted by molar-refractivity contribution is 0.101. The number of H-pyrrole nitrogens is 1. The zero-order chi connectivity index (χ0) is 24.4. The minimum absolute atomic E-state index is 0.156. The quantitative estimate of drug-likeness (QED) is 0.357. The van der Waals surface area contributed by atoms with E-state index in [0.717, 1.165) is 28.0 Å². The van der Waals surface area contributed by atoms with Gasteiger partial charge in [-0.05, 0) is 61.5 Å². The number of nitrogens with zero attached hydrogens (tertiary/aromatic N) is 4. The third-order valence-electron chi connectivity index (χ3n) is 5.68. The Morgan fingerprint density at radius 3 is 2.60 bits per heavy atom. The van der Waals surface area contributed by atoms with Crippen molar-refractivity contribution in [1.29, 1.82) is 0 Å². The summed E-state index contributed by atoms with van der Waals surface area (Å²) in [6, 6.07) is 19.7. The molecule has 3 heterocycles. The van der Waals surface area contributed by atoms with E-state index in [1.807, 2.05) is 43.3 Å². The van der Waals surface area contributed by atoms with Gasteiger partial charge in [0.2, 0.25) is 0 Å². The largest absolute Gasteiger partial charge is 0.321 e. The summed E-state index contributed by atoms with van der Waals surface area (Å²) in [7, 11) is 1.78. The van der Waals surface area contributed by atoms with Crippen molar-refractivity contribution in [3.8, 4) is 0 Å². The lowest BCUT2D eigenvalue weighted by Crippen LogP contribution is -2.13. The van der Waals surface area contributed by atoms with E-state index in [9.17, 15) is 9.59 Å². The maximum atomic E-state index is 13.2. The number of pyridine rings is 1. The Kier molecular flexibility index (Phi) is 5.76. The molecular formula is C27H22N6O2. The van der Waals surface area contributed by atoms with Crippen molar-refractivity contribution in [3.05, 3.63) is 107 Å². The third-order valence-corrected chi connectivity index (χ3v) is 5.68. The zero-order valence-corrected chi connectivity index (χ0v) is 19.2. The number of aromatic nitrogens is 5. The molecule has 5 aromatic rings. The molecule has 35 heavy (non-hydrogen) atoms. The Morgan fingerprint density at radius 1 is 0.971 bits per heavy atom. The smallest absolute Gasteiger partial charge is 0.276 e. The molecule has 0 aliphatic carbocycles. The van der Waals surface area contributed by atoms with Gasteiger partial charge in [-0.2, -0.15) is 10.2 Å². The fraction of sp³-hybridized carbons (Fsp3) is 0.0741. The van der Waals surface area contributed by atoms with Crippen LogP contribution in [-0.2, 0) is 7.05 Å². The van der Waals surface area contributed by atoms with Crippen molar-refractivity contribution >= 4 is 40.4 Å². The second kappa shape index (κ2) is 9.18. The standard InChI is InChI=1S/C27H22N6O2/c1-17-14-25(32-33(17)2)27(35)29-21-8-5-6-18(15-21)26(34)19-9-11-22-23(30-31-24(22)16-19)12-10-20-7-3-4-13-28-20/h3-16H,1-2H3,(H,29,35)(H,30,31). The number of carbonyl (C=O) groups excluding carboxylic acids is 2. The fourth-order valence-electron chi connectivity index (χ4n) is 3.72. The van der Waals surface area contributed by atoms with E-state index in [4.69, 9.17) is 0 Å². The summed E-state index contributed by atoms with van der Waals surface area (Å²) < 4.78 is 1.64. The first-order chi connectivity index (χ1) is 17.0. The van der Waals surface area contributed by atoms with Crippen LogP contribution >= 0.6 is 0 Å². The molecule has 1 amide bonds. The predicted molar refractivity (Wildman–Crippen MR) is 135 cm³/mol. The van der Waals surface area contributed by atoms with Crippen molar-refractivity contribution in [2.75, 3.05) is 5.32 Å². The molecule has 3 aromatic heterocycles. The van der Waals surface area contributed by atoms with E-state index in [2.05, 4.69) is 25.6 Å². The summed E-state index contributed by atoms with van der Waals surface area (Å²) in [5.74, 6) is -0.486. The average Bonchev–Trinajstić information content (AvgIpc) is 3.45. The zero-order valence-electron chi connectivity index (χ0n) is 19.2. The molecule has 8 nitrogen and oxygen atoms in total. The lowest BCUT2D eigenvalue weighted by atomic mass is 10.0. The molecule has 2 N–H and O–H groups in total. The highest BCUT2D eigenvalue weighted by molar-refractivity contribution is 6.11. The first-order valence-electron chi connectivity index (χ1n) is 11.0. The molecule has 5 rings (SSSR count). The van der Waals surface area contributed by atoms with Crippen LogP contribution in [0, 0.1) is 6.92 Å². The van der Waals surface area contributed by atoms with Crippen LogP contribution in [0.2, 0.25) is 0 Å². The summed E-state index contributed by atoms with van der Waals surface area (Å²) >= 11 is 0. The monoisotopic (exact) mass is 462 g/mol. The number of aryl methyl sites for hydroxylation is 2. The summed E-state index contributed by atoms with van der Waals surface area (Å²) in [5.41, 5.74) is 5.06. The van der Waals surface area contributed by atoms with Crippen LogP contribution in [-0.4, -0.2) is 36.7 Å². The highest BCUT2D eigenvalue weighted by Gasteiger charge is 2.15. The topological polar surface area (TPSA) is 106 Å². The number of anilines is 1. The molecule has 172 valence electrons. The molecule has 0 aliphatic heterocycles. The molecule has 0 saturated carbocycles. The van der Waals surface area contributed by atoms with Crippen molar-refractivity contribution in [2.45, 2.75) is 6.92 Å². The summed E-state index contributed by atoms with van der Waals surface area (Å²) in [6.45, 7) is 1.87. The third kappa shape index (κ3) is 4.63. The van der Waals surface area contributed by atoms with Crippen LogP contribution in [0.15, 0.2) is 72.9 Å². The SMILES string of the molecule is Cc1cc(C(=O)Nc2cccc(C(=O)c3ccc4c(C=Cc5ccccn5)n[nH]c4c3)c2)nn1C. The number of nitrogens with one attached hydrogen (secondary N) is 2. The highest BCUT2D eigenvalue weighted by Crippen LogP contribution is 2.22. The summed E-state index contributed by atoms with van der Waals surface area (Å²) in [6.07, 6.45) is 5.51. The number of fused-ring (bicyclic) bond motifs is 1. The van der Waals surface area contributed by atoms with Crippen LogP contribution in [0.1, 0.15) is 43.5 Å². The maximum absolute atomic E-state index is 13.2. The first kappa shape index (κ1) is 22.0. The lowest BCUT2D eigenvalue weighted by Gasteiger charge is -2.06. The Labute approximate surface area is 201 Å². The minimum atomic E-state index is -0.330. The van der Waals surface area contributed by atoms with Crippen molar-refractivity contribution < 1.29 is 9.59 Å². The van der Waals surface area contributed by atoms with E-state index < -0.39 is 0 Å². The molecule has 0 aliphatic rings. The van der Waals surface area contributed by atoms with E-state index in [1.165, 1.54) is 0 Å². The van der Waals surface area contributed by atoms with Gasteiger partial charge in [-0.3, -0.25) is 24.4 Å². The number of carbonyl (C=O) groups is 2. The predicted octanol–water partition coefficient (Wildman–Crippen LogP) is 4.65. The minimum Gasteiger partial charge on any atom is -0.321 e. The van der Waals surface area contributed by atoms with E-state index in [1.54, 1.807) is 60.4 Å². The number of hydrogen-bond acceptors (Lipinski definition) is 5. The Balaban J connectivity index is 1.35. The normalized spacial score (nSPS) is 11.3. The van der Waals surface area contributed by atoms with Gasteiger partial charge >= 0.3 is 0 Å². The van der Waals surface area contributed by atoms with Gasteiger partial charge in [-0.1, -0.05) is 24.3 Å². The molecule has 0 atom stereocenters. The van der Waals surface area contributed by atoms with Crippen LogP contribution in [0.4, 0.5) is 5.69 Å². The number of benzene rings is 2. The van der Waals surface area contributed by atoms with Gasteiger partial charge in [-0.25, -0.2) is 0 Å². The van der Waals surface area contributed by atoms with E-state index >= 15 is 0 Å². The second-order valence-corrected chi connectivity index (χ2v) is 8.12. The number of amides is 1. The number of hydrogen-bond donors (Lipinski definition) is 2.